The lowest BCUT2D eigenvalue weighted by Gasteiger charge is -2.14. The second-order valence-corrected chi connectivity index (χ2v) is 9.21. The van der Waals surface area contributed by atoms with Gasteiger partial charge in [0.15, 0.2) is 11.0 Å². The fraction of sp³-hybridized carbons (Fsp3) is 0.550. The van der Waals surface area contributed by atoms with E-state index >= 15 is 0 Å². The van der Waals surface area contributed by atoms with Crippen LogP contribution < -0.4 is 5.32 Å². The molecule has 0 saturated heterocycles. The summed E-state index contributed by atoms with van der Waals surface area (Å²) in [6.45, 7) is 4.54. The maximum atomic E-state index is 12.3. The highest BCUT2D eigenvalue weighted by molar-refractivity contribution is 7.99. The highest BCUT2D eigenvalue weighted by atomic mass is 32.2. The Morgan fingerprint density at radius 1 is 1.30 bits per heavy atom. The summed E-state index contributed by atoms with van der Waals surface area (Å²) < 4.78 is 2.09. The fourth-order valence-corrected chi connectivity index (χ4v) is 5.92. The Balaban J connectivity index is 1.49. The number of rotatable bonds is 7. The predicted octanol–water partition coefficient (Wildman–Crippen LogP) is 4.22. The Bertz CT molecular complexity index is 820. The van der Waals surface area contributed by atoms with Crippen LogP contribution in [0, 0.1) is 0 Å². The van der Waals surface area contributed by atoms with Gasteiger partial charge in [-0.3, -0.25) is 9.36 Å². The predicted molar refractivity (Wildman–Crippen MR) is 111 cm³/mol. The molecule has 2 aliphatic rings. The van der Waals surface area contributed by atoms with Crippen molar-refractivity contribution in [3.8, 4) is 11.4 Å². The number of carbonyl (C=O) groups is 1. The Morgan fingerprint density at radius 2 is 2.11 bits per heavy atom. The molecule has 2 aliphatic carbocycles. The van der Waals surface area contributed by atoms with Crippen molar-refractivity contribution in [2.45, 2.75) is 69.1 Å². The van der Waals surface area contributed by atoms with Crippen molar-refractivity contribution >= 4 is 29.0 Å². The van der Waals surface area contributed by atoms with Gasteiger partial charge in [0.2, 0.25) is 5.91 Å². The van der Waals surface area contributed by atoms with Crippen molar-refractivity contribution in [2.24, 2.45) is 0 Å². The van der Waals surface area contributed by atoms with Crippen molar-refractivity contribution in [1.29, 1.82) is 0 Å². The van der Waals surface area contributed by atoms with Crippen LogP contribution in [0.4, 0.5) is 0 Å². The number of nitrogens with one attached hydrogen (secondary N) is 1. The zero-order valence-electron chi connectivity index (χ0n) is 15.6. The molecule has 0 bridgehead atoms. The number of allylic oxidation sites excluding steroid dienone is 1. The van der Waals surface area contributed by atoms with Crippen LogP contribution in [0.15, 0.2) is 23.2 Å². The molecule has 4 rings (SSSR count). The molecule has 0 unspecified atom stereocenters. The van der Waals surface area contributed by atoms with E-state index in [-0.39, 0.29) is 5.91 Å². The third-order valence-electron chi connectivity index (χ3n) is 5.38. The maximum absolute atomic E-state index is 12.3. The molecule has 1 N–H and O–H groups in total. The van der Waals surface area contributed by atoms with Crippen LogP contribution in [-0.4, -0.2) is 32.5 Å². The lowest BCUT2D eigenvalue weighted by molar-refractivity contribution is -0.119. The topological polar surface area (TPSA) is 59.8 Å². The Labute approximate surface area is 168 Å². The average Bonchev–Trinajstić information content (AvgIpc) is 3.40. The third kappa shape index (κ3) is 4.14. The average molecular weight is 403 g/mol. The Hall–Kier alpha value is -1.60. The Kier molecular flexibility index (Phi) is 5.98. The van der Waals surface area contributed by atoms with Crippen molar-refractivity contribution in [3.63, 3.8) is 0 Å². The summed E-state index contributed by atoms with van der Waals surface area (Å²) in [5, 5.41) is 15.0. The number of hydrogen-bond donors (Lipinski definition) is 1. The van der Waals surface area contributed by atoms with Gasteiger partial charge in [0.25, 0.3) is 0 Å². The molecule has 0 radical (unpaired) electrons. The number of aryl methyl sites for hydroxylation is 1. The fourth-order valence-electron chi connectivity index (χ4n) is 4.04. The molecule has 144 valence electrons. The first-order chi connectivity index (χ1) is 13.3. The van der Waals surface area contributed by atoms with Gasteiger partial charge in [0.05, 0.1) is 5.75 Å². The third-order valence-corrected chi connectivity index (χ3v) is 7.44. The molecule has 1 fully saturated rings. The zero-order chi connectivity index (χ0) is 18.6. The van der Waals surface area contributed by atoms with Gasteiger partial charge in [-0.15, -0.1) is 28.1 Å². The van der Waals surface area contributed by atoms with Gasteiger partial charge in [-0.05, 0) is 44.1 Å². The second kappa shape index (κ2) is 8.61. The molecular formula is C20H26N4OS2. The second-order valence-electron chi connectivity index (χ2n) is 7.30. The van der Waals surface area contributed by atoms with E-state index in [1.165, 1.54) is 59.9 Å². The smallest absolute Gasteiger partial charge is 0.230 e. The van der Waals surface area contributed by atoms with Crippen LogP contribution >= 0.6 is 23.1 Å². The standard InChI is InChI=1S/C20H26N4OS2/c1-2-11-24-19(16-12-26-17-10-6-5-9-15(16)17)22-23-20(24)27-13-18(25)21-14-7-3-4-8-14/h2,12,14H,1,3-11,13H2,(H,21,25). The minimum atomic E-state index is 0.0921. The molecule has 5 nitrogen and oxygen atoms in total. The number of amides is 1. The summed E-state index contributed by atoms with van der Waals surface area (Å²) in [5.74, 6) is 1.38. The van der Waals surface area contributed by atoms with E-state index in [4.69, 9.17) is 0 Å². The summed E-state index contributed by atoms with van der Waals surface area (Å²) in [5.41, 5.74) is 2.66. The zero-order valence-corrected chi connectivity index (χ0v) is 17.2. The SMILES string of the molecule is C=CCn1c(SCC(=O)NC2CCCC2)nnc1-c1csc2c1CCCC2. The van der Waals surface area contributed by atoms with Crippen molar-refractivity contribution in [1.82, 2.24) is 20.1 Å². The summed E-state index contributed by atoms with van der Waals surface area (Å²) >= 11 is 3.31. The minimum absolute atomic E-state index is 0.0921. The Morgan fingerprint density at radius 3 is 2.93 bits per heavy atom. The molecule has 2 aromatic heterocycles. The molecule has 0 spiro atoms. The molecule has 2 aromatic rings. The van der Waals surface area contributed by atoms with Gasteiger partial charge in [-0.25, -0.2) is 0 Å². The van der Waals surface area contributed by atoms with Gasteiger partial charge in [-0.1, -0.05) is 30.7 Å². The first-order valence-corrected chi connectivity index (χ1v) is 11.7. The molecule has 0 aromatic carbocycles. The van der Waals surface area contributed by atoms with Crippen LogP contribution in [0.3, 0.4) is 0 Å². The normalized spacial score (nSPS) is 17.0. The maximum Gasteiger partial charge on any atom is 0.230 e. The lowest BCUT2D eigenvalue weighted by atomic mass is 9.95. The van der Waals surface area contributed by atoms with Crippen molar-refractivity contribution in [3.05, 3.63) is 28.5 Å². The summed E-state index contributed by atoms with van der Waals surface area (Å²) in [6, 6.07) is 0.358. The van der Waals surface area contributed by atoms with Gasteiger partial charge in [0.1, 0.15) is 0 Å². The van der Waals surface area contributed by atoms with E-state index in [0.29, 0.717) is 18.3 Å². The van der Waals surface area contributed by atoms with Gasteiger partial charge < -0.3 is 5.32 Å². The summed E-state index contributed by atoms with van der Waals surface area (Å²) in [7, 11) is 0. The quantitative estimate of drug-likeness (QED) is 0.556. The summed E-state index contributed by atoms with van der Waals surface area (Å²) in [4.78, 5) is 13.8. The van der Waals surface area contributed by atoms with Gasteiger partial charge in [0, 0.05) is 28.4 Å². The molecule has 2 heterocycles. The molecule has 7 heteroatoms. The van der Waals surface area contributed by atoms with Crippen LogP contribution in [0.1, 0.15) is 49.0 Å². The molecule has 1 amide bonds. The van der Waals surface area contributed by atoms with E-state index in [9.17, 15) is 4.79 Å². The van der Waals surface area contributed by atoms with E-state index in [0.717, 1.165) is 30.2 Å². The first-order valence-electron chi connectivity index (χ1n) is 9.82. The first kappa shape index (κ1) is 18.7. The molecular weight excluding hydrogens is 376 g/mol. The van der Waals surface area contributed by atoms with E-state index < -0.39 is 0 Å². The summed E-state index contributed by atoms with van der Waals surface area (Å²) in [6.07, 6.45) is 11.4. The van der Waals surface area contributed by atoms with E-state index in [1.54, 1.807) is 0 Å². The number of thioether (sulfide) groups is 1. The number of nitrogens with zero attached hydrogens (tertiary/aromatic N) is 3. The number of fused-ring (bicyclic) bond motifs is 1. The molecule has 0 atom stereocenters. The van der Waals surface area contributed by atoms with Gasteiger partial charge in [-0.2, -0.15) is 0 Å². The molecule has 27 heavy (non-hydrogen) atoms. The monoisotopic (exact) mass is 402 g/mol. The highest BCUT2D eigenvalue weighted by Gasteiger charge is 2.23. The van der Waals surface area contributed by atoms with Crippen LogP contribution in [0.2, 0.25) is 0 Å². The number of carbonyl (C=O) groups excluding carboxylic acids is 1. The van der Waals surface area contributed by atoms with E-state index in [2.05, 4.69) is 32.0 Å². The van der Waals surface area contributed by atoms with Crippen LogP contribution in [-0.2, 0) is 24.2 Å². The minimum Gasteiger partial charge on any atom is -0.353 e. The van der Waals surface area contributed by atoms with Crippen molar-refractivity contribution < 1.29 is 4.79 Å². The van der Waals surface area contributed by atoms with Crippen molar-refractivity contribution in [2.75, 3.05) is 5.75 Å². The van der Waals surface area contributed by atoms with E-state index in [1.807, 2.05) is 17.4 Å². The number of thiophene rings is 1. The molecule has 1 saturated carbocycles. The largest absolute Gasteiger partial charge is 0.353 e. The van der Waals surface area contributed by atoms with Crippen LogP contribution in [0.25, 0.3) is 11.4 Å². The molecule has 0 aliphatic heterocycles. The van der Waals surface area contributed by atoms with Crippen LogP contribution in [0.5, 0.6) is 0 Å². The number of hydrogen-bond acceptors (Lipinski definition) is 5. The van der Waals surface area contributed by atoms with Gasteiger partial charge >= 0.3 is 0 Å². The highest BCUT2D eigenvalue weighted by Crippen LogP contribution is 2.36. The lowest BCUT2D eigenvalue weighted by Crippen LogP contribution is -2.33. The number of aromatic nitrogens is 3.